The summed E-state index contributed by atoms with van der Waals surface area (Å²) in [6, 6.07) is 4.24. The highest BCUT2D eigenvalue weighted by Gasteiger charge is 2.36. The molecule has 3 heterocycles. The highest BCUT2D eigenvalue weighted by molar-refractivity contribution is 5.93. The van der Waals surface area contributed by atoms with Crippen molar-refractivity contribution >= 4 is 5.91 Å². The fourth-order valence-corrected chi connectivity index (χ4v) is 3.48. The number of hydrogen-bond acceptors (Lipinski definition) is 4. The molecule has 1 aliphatic rings. The molecular weight excluding hydrogens is 385 g/mol. The molecule has 1 atom stereocenters. The Bertz CT molecular complexity index is 1070. The van der Waals surface area contributed by atoms with Crippen LogP contribution >= 0.6 is 0 Å². The Hall–Kier alpha value is -3.17. The zero-order valence-corrected chi connectivity index (χ0v) is 15.9. The van der Waals surface area contributed by atoms with E-state index in [0.29, 0.717) is 12.8 Å². The van der Waals surface area contributed by atoms with Crippen molar-refractivity contribution in [1.29, 1.82) is 0 Å². The van der Waals surface area contributed by atoms with Gasteiger partial charge in [-0.25, -0.2) is 4.68 Å². The molecule has 0 saturated heterocycles. The number of rotatable bonds is 4. The number of hydrogen-bond donors (Lipinski definition) is 1. The molecule has 3 aromatic rings. The van der Waals surface area contributed by atoms with Crippen molar-refractivity contribution in [3.63, 3.8) is 0 Å². The number of halogens is 3. The van der Waals surface area contributed by atoms with Gasteiger partial charge in [0.15, 0.2) is 5.69 Å². The number of aryl methyl sites for hydroxylation is 3. The first-order valence-corrected chi connectivity index (χ1v) is 9.22. The third-order valence-corrected chi connectivity index (χ3v) is 5.00. The number of pyridine rings is 1. The van der Waals surface area contributed by atoms with Gasteiger partial charge in [-0.15, -0.1) is 0 Å². The van der Waals surface area contributed by atoms with E-state index in [0.717, 1.165) is 39.8 Å². The number of amides is 1. The summed E-state index contributed by atoms with van der Waals surface area (Å²) in [4.78, 5) is 16.8. The fourth-order valence-electron chi connectivity index (χ4n) is 3.48. The second-order valence-electron chi connectivity index (χ2n) is 6.94. The average molecular weight is 404 g/mol. The quantitative estimate of drug-likeness (QED) is 0.725. The Morgan fingerprint density at radius 1 is 1.31 bits per heavy atom. The summed E-state index contributed by atoms with van der Waals surface area (Å²) in [5.41, 5.74) is 2.32. The van der Waals surface area contributed by atoms with Crippen LogP contribution in [0.3, 0.4) is 0 Å². The van der Waals surface area contributed by atoms with Gasteiger partial charge in [-0.05, 0) is 31.4 Å². The first kappa shape index (κ1) is 19.2. The summed E-state index contributed by atoms with van der Waals surface area (Å²) >= 11 is 0. The number of nitrogens with one attached hydrogen (secondary N) is 1. The lowest BCUT2D eigenvalue weighted by Gasteiger charge is -2.13. The van der Waals surface area contributed by atoms with E-state index in [2.05, 4.69) is 20.5 Å². The summed E-state index contributed by atoms with van der Waals surface area (Å²) in [6.45, 7) is 2.02. The molecule has 1 aliphatic carbocycles. The van der Waals surface area contributed by atoms with Gasteiger partial charge >= 0.3 is 6.18 Å². The topological polar surface area (TPSA) is 77.6 Å². The van der Waals surface area contributed by atoms with Gasteiger partial charge in [-0.2, -0.15) is 23.4 Å². The van der Waals surface area contributed by atoms with Crippen LogP contribution in [0.25, 0.3) is 5.69 Å². The van der Waals surface area contributed by atoms with Crippen LogP contribution in [0.15, 0.2) is 30.6 Å². The fraction of sp³-hybridized carbons (Fsp3) is 0.368. The van der Waals surface area contributed by atoms with E-state index < -0.39 is 17.8 Å². The number of alkyl halides is 3. The molecule has 0 unspecified atom stereocenters. The molecule has 10 heteroatoms. The Morgan fingerprint density at radius 3 is 2.79 bits per heavy atom. The number of nitrogens with zero attached hydrogens (tertiary/aromatic N) is 5. The SMILES string of the molecule is CCc1cc(-n2cc3c(n2)CC[C@H]3NC(=O)c2cc(C(F)(F)F)nn2C)ccn1. The maximum absolute atomic E-state index is 12.8. The summed E-state index contributed by atoms with van der Waals surface area (Å²) in [5, 5.41) is 10.8. The Labute approximate surface area is 164 Å². The number of carbonyl (C=O) groups excluding carboxylic acids is 1. The molecule has 0 radical (unpaired) electrons. The van der Waals surface area contributed by atoms with E-state index in [-0.39, 0.29) is 11.7 Å². The standard InChI is InChI=1S/C19H19F3N6O/c1-3-11-8-12(6-7-23-11)28-10-13-14(4-5-15(13)25-28)24-18(29)16-9-17(19(20,21)22)26-27(16)2/h6-10,14H,3-5H2,1-2H3,(H,24,29)/t14-/m1/s1. The van der Waals surface area contributed by atoms with Crippen molar-refractivity contribution in [2.75, 3.05) is 0 Å². The summed E-state index contributed by atoms with van der Waals surface area (Å²) in [6.07, 6.45) is 1.11. The van der Waals surface area contributed by atoms with Crippen LogP contribution in [0.1, 0.15) is 52.5 Å². The average Bonchev–Trinajstić information content (AvgIpc) is 3.36. The van der Waals surface area contributed by atoms with E-state index in [1.165, 1.54) is 7.05 Å². The monoisotopic (exact) mass is 404 g/mol. The third kappa shape index (κ3) is 3.62. The largest absolute Gasteiger partial charge is 0.435 e. The van der Waals surface area contributed by atoms with Crippen molar-refractivity contribution in [3.05, 3.63) is 58.9 Å². The molecule has 152 valence electrons. The maximum atomic E-state index is 12.8. The predicted octanol–water partition coefficient (Wildman–Crippen LogP) is 3.00. The van der Waals surface area contributed by atoms with Crippen LogP contribution in [-0.4, -0.2) is 30.5 Å². The third-order valence-electron chi connectivity index (χ3n) is 5.00. The summed E-state index contributed by atoms with van der Waals surface area (Å²) < 4.78 is 41.2. The first-order valence-electron chi connectivity index (χ1n) is 9.22. The molecule has 0 aromatic carbocycles. The second-order valence-corrected chi connectivity index (χ2v) is 6.94. The van der Waals surface area contributed by atoms with Crippen LogP contribution in [0.2, 0.25) is 0 Å². The summed E-state index contributed by atoms with van der Waals surface area (Å²) in [7, 11) is 1.32. The first-order chi connectivity index (χ1) is 13.8. The van der Waals surface area contributed by atoms with Crippen LogP contribution in [0, 0.1) is 0 Å². The molecule has 0 fully saturated rings. The highest BCUT2D eigenvalue weighted by Crippen LogP contribution is 2.32. The van der Waals surface area contributed by atoms with Crippen molar-refractivity contribution in [2.45, 2.75) is 38.4 Å². The van der Waals surface area contributed by atoms with Gasteiger partial charge in [-0.3, -0.25) is 14.5 Å². The van der Waals surface area contributed by atoms with Gasteiger partial charge in [-0.1, -0.05) is 6.92 Å². The molecule has 4 rings (SSSR count). The van der Waals surface area contributed by atoms with Gasteiger partial charge in [0.1, 0.15) is 5.69 Å². The van der Waals surface area contributed by atoms with Crippen LogP contribution in [0.5, 0.6) is 0 Å². The molecule has 0 aliphatic heterocycles. The maximum Gasteiger partial charge on any atom is 0.435 e. The minimum Gasteiger partial charge on any atom is -0.344 e. The molecular formula is C19H19F3N6O. The molecule has 1 N–H and O–H groups in total. The van der Waals surface area contributed by atoms with Crippen LogP contribution in [-0.2, 0) is 26.1 Å². The van der Waals surface area contributed by atoms with Gasteiger partial charge in [0.05, 0.1) is 17.4 Å². The van der Waals surface area contributed by atoms with E-state index in [9.17, 15) is 18.0 Å². The van der Waals surface area contributed by atoms with Crippen molar-refractivity contribution < 1.29 is 18.0 Å². The molecule has 0 saturated carbocycles. The number of carbonyl (C=O) groups is 1. The number of aromatic nitrogens is 5. The zero-order valence-electron chi connectivity index (χ0n) is 15.9. The Morgan fingerprint density at radius 2 is 2.10 bits per heavy atom. The second kappa shape index (κ2) is 7.02. The molecule has 3 aromatic heterocycles. The van der Waals surface area contributed by atoms with E-state index in [1.807, 2.05) is 25.3 Å². The van der Waals surface area contributed by atoms with Gasteiger partial charge in [0.25, 0.3) is 5.91 Å². The van der Waals surface area contributed by atoms with E-state index in [1.54, 1.807) is 10.9 Å². The number of fused-ring (bicyclic) bond motifs is 1. The van der Waals surface area contributed by atoms with Crippen molar-refractivity contribution in [3.8, 4) is 5.69 Å². The Kier molecular flexibility index (Phi) is 4.64. The van der Waals surface area contributed by atoms with Gasteiger partial charge < -0.3 is 5.32 Å². The molecule has 7 nitrogen and oxygen atoms in total. The minimum atomic E-state index is -4.60. The van der Waals surface area contributed by atoms with Crippen LogP contribution < -0.4 is 5.32 Å². The van der Waals surface area contributed by atoms with Gasteiger partial charge in [0.2, 0.25) is 0 Å². The van der Waals surface area contributed by atoms with E-state index in [4.69, 9.17) is 0 Å². The van der Waals surface area contributed by atoms with Crippen LogP contribution in [0.4, 0.5) is 13.2 Å². The summed E-state index contributed by atoms with van der Waals surface area (Å²) in [5.74, 6) is -0.599. The lowest BCUT2D eigenvalue weighted by molar-refractivity contribution is -0.141. The highest BCUT2D eigenvalue weighted by atomic mass is 19.4. The van der Waals surface area contributed by atoms with Gasteiger partial charge in [0, 0.05) is 36.8 Å². The van der Waals surface area contributed by atoms with Crippen molar-refractivity contribution in [2.24, 2.45) is 7.05 Å². The molecule has 0 spiro atoms. The predicted molar refractivity (Wildman–Crippen MR) is 97.5 cm³/mol. The molecule has 0 bridgehead atoms. The zero-order chi connectivity index (χ0) is 20.8. The normalized spacial score (nSPS) is 16.1. The molecule has 1 amide bonds. The molecule has 29 heavy (non-hydrogen) atoms. The minimum absolute atomic E-state index is 0.139. The van der Waals surface area contributed by atoms with E-state index >= 15 is 0 Å². The smallest absolute Gasteiger partial charge is 0.344 e. The lowest BCUT2D eigenvalue weighted by atomic mass is 10.2. The van der Waals surface area contributed by atoms with Crippen molar-refractivity contribution in [1.82, 2.24) is 29.9 Å². The lowest BCUT2D eigenvalue weighted by Crippen LogP contribution is -2.28. The Balaban J connectivity index is 1.55.